The molecule has 3 aromatic heterocycles. The molecule has 7 heteroatoms. The molecule has 4 aromatic rings. The lowest BCUT2D eigenvalue weighted by Crippen LogP contribution is -2.10. The van der Waals surface area contributed by atoms with Gasteiger partial charge >= 0.3 is 0 Å². The Balaban J connectivity index is 1.76. The first-order chi connectivity index (χ1) is 13.7. The van der Waals surface area contributed by atoms with E-state index < -0.39 is 0 Å². The highest BCUT2D eigenvalue weighted by molar-refractivity contribution is 5.77. The standard InChI is InChI=1S/C21H21N7/c1-3-10-28-18-8-7-15(13-22)12-17(18)26-20(28)14-27-11-9-24-21(27)16-5-4-6-19(23-2)25-16/h4-9,11-12H,3,10,14H2,1-2H3,(H,23,25). The Morgan fingerprint density at radius 3 is 2.86 bits per heavy atom. The van der Waals surface area contributed by atoms with Gasteiger partial charge in [0, 0.05) is 26.0 Å². The Morgan fingerprint density at radius 1 is 1.18 bits per heavy atom. The van der Waals surface area contributed by atoms with E-state index in [9.17, 15) is 5.26 Å². The Morgan fingerprint density at radius 2 is 2.07 bits per heavy atom. The van der Waals surface area contributed by atoms with Gasteiger partial charge in [-0.2, -0.15) is 5.26 Å². The summed E-state index contributed by atoms with van der Waals surface area (Å²) in [6.07, 6.45) is 4.73. The zero-order valence-corrected chi connectivity index (χ0v) is 15.9. The average Bonchev–Trinajstić information content (AvgIpc) is 3.33. The van der Waals surface area contributed by atoms with Gasteiger partial charge < -0.3 is 14.5 Å². The van der Waals surface area contributed by atoms with Gasteiger partial charge in [0.1, 0.15) is 17.3 Å². The van der Waals surface area contributed by atoms with E-state index in [0.29, 0.717) is 12.1 Å². The second-order valence-corrected chi connectivity index (χ2v) is 6.53. The van der Waals surface area contributed by atoms with Crippen LogP contribution in [0.5, 0.6) is 0 Å². The molecule has 1 N–H and O–H groups in total. The van der Waals surface area contributed by atoms with E-state index >= 15 is 0 Å². The van der Waals surface area contributed by atoms with E-state index in [4.69, 9.17) is 4.98 Å². The number of hydrogen-bond donors (Lipinski definition) is 1. The van der Waals surface area contributed by atoms with E-state index in [-0.39, 0.29) is 0 Å². The molecule has 0 radical (unpaired) electrons. The number of rotatable bonds is 6. The lowest BCUT2D eigenvalue weighted by molar-refractivity contribution is 0.627. The first-order valence-corrected chi connectivity index (χ1v) is 9.29. The van der Waals surface area contributed by atoms with Gasteiger partial charge in [-0.1, -0.05) is 13.0 Å². The third-order valence-electron chi connectivity index (χ3n) is 4.67. The maximum atomic E-state index is 9.18. The molecule has 0 amide bonds. The van der Waals surface area contributed by atoms with E-state index in [1.54, 1.807) is 6.20 Å². The number of aromatic nitrogens is 5. The highest BCUT2D eigenvalue weighted by Crippen LogP contribution is 2.22. The third-order valence-corrected chi connectivity index (χ3v) is 4.67. The van der Waals surface area contributed by atoms with Crippen molar-refractivity contribution in [1.29, 1.82) is 5.26 Å². The zero-order valence-electron chi connectivity index (χ0n) is 15.9. The maximum Gasteiger partial charge on any atom is 0.159 e. The fourth-order valence-corrected chi connectivity index (χ4v) is 3.36. The van der Waals surface area contributed by atoms with Crippen LogP contribution in [0.3, 0.4) is 0 Å². The third kappa shape index (κ3) is 3.21. The fourth-order valence-electron chi connectivity index (χ4n) is 3.36. The van der Waals surface area contributed by atoms with Crippen LogP contribution in [-0.4, -0.2) is 31.1 Å². The van der Waals surface area contributed by atoms with Crippen LogP contribution >= 0.6 is 0 Å². The van der Waals surface area contributed by atoms with Crippen molar-refractivity contribution in [2.24, 2.45) is 0 Å². The topological polar surface area (TPSA) is 84.3 Å². The van der Waals surface area contributed by atoms with Crippen molar-refractivity contribution in [3.8, 4) is 17.6 Å². The number of nitrogens with one attached hydrogen (secondary N) is 1. The van der Waals surface area contributed by atoms with E-state index in [1.165, 1.54) is 0 Å². The van der Waals surface area contributed by atoms with Gasteiger partial charge in [-0.25, -0.2) is 15.0 Å². The molecule has 4 rings (SSSR count). The van der Waals surface area contributed by atoms with Gasteiger partial charge in [0.25, 0.3) is 0 Å². The molecule has 0 aliphatic carbocycles. The van der Waals surface area contributed by atoms with Crippen LogP contribution < -0.4 is 5.32 Å². The highest BCUT2D eigenvalue weighted by Gasteiger charge is 2.14. The molecule has 0 aliphatic heterocycles. The van der Waals surface area contributed by atoms with Crippen LogP contribution in [0.1, 0.15) is 24.7 Å². The molecule has 28 heavy (non-hydrogen) atoms. The highest BCUT2D eigenvalue weighted by atomic mass is 15.2. The molecule has 1 aromatic carbocycles. The molecule has 0 unspecified atom stereocenters. The summed E-state index contributed by atoms with van der Waals surface area (Å²) in [6, 6.07) is 13.7. The largest absolute Gasteiger partial charge is 0.373 e. The number of anilines is 1. The van der Waals surface area contributed by atoms with Crippen LogP contribution in [0, 0.1) is 11.3 Å². The first kappa shape index (κ1) is 17.7. The summed E-state index contributed by atoms with van der Waals surface area (Å²) in [5, 5.41) is 12.2. The fraction of sp³-hybridized carbons (Fsp3) is 0.238. The number of aryl methyl sites for hydroxylation is 1. The first-order valence-electron chi connectivity index (χ1n) is 9.29. The second kappa shape index (κ2) is 7.53. The summed E-state index contributed by atoms with van der Waals surface area (Å²) >= 11 is 0. The molecule has 0 spiro atoms. The van der Waals surface area contributed by atoms with Gasteiger partial charge in [0.05, 0.1) is 29.2 Å². The smallest absolute Gasteiger partial charge is 0.159 e. The molecule has 0 bridgehead atoms. The van der Waals surface area contributed by atoms with Gasteiger partial charge in [-0.05, 0) is 36.8 Å². The monoisotopic (exact) mass is 371 g/mol. The molecule has 0 aliphatic rings. The van der Waals surface area contributed by atoms with Crippen molar-refractivity contribution in [2.45, 2.75) is 26.4 Å². The van der Waals surface area contributed by atoms with Crippen LogP contribution in [0.15, 0.2) is 48.8 Å². The van der Waals surface area contributed by atoms with Crippen molar-refractivity contribution in [1.82, 2.24) is 24.1 Å². The predicted molar refractivity (Wildman–Crippen MR) is 109 cm³/mol. The molecule has 0 saturated carbocycles. The van der Waals surface area contributed by atoms with Crippen LogP contribution in [0.2, 0.25) is 0 Å². The zero-order chi connectivity index (χ0) is 19.5. The SMILES string of the molecule is CCCn1c(Cn2ccnc2-c2cccc(NC)n2)nc2cc(C#N)ccc21. The Hall–Kier alpha value is -3.66. The molecule has 0 saturated heterocycles. The number of fused-ring (bicyclic) bond motifs is 1. The molecule has 3 heterocycles. The van der Waals surface area contributed by atoms with Gasteiger partial charge in [0.2, 0.25) is 0 Å². The molecule has 140 valence electrons. The van der Waals surface area contributed by atoms with Crippen molar-refractivity contribution in [3.63, 3.8) is 0 Å². The van der Waals surface area contributed by atoms with Crippen LogP contribution in [-0.2, 0) is 13.1 Å². The second-order valence-electron chi connectivity index (χ2n) is 6.53. The minimum absolute atomic E-state index is 0.581. The summed E-state index contributed by atoms with van der Waals surface area (Å²) in [4.78, 5) is 13.9. The molecule has 0 fully saturated rings. The lowest BCUT2D eigenvalue weighted by atomic mass is 10.2. The molecular weight excluding hydrogens is 350 g/mol. The minimum atomic E-state index is 0.581. The number of hydrogen-bond acceptors (Lipinski definition) is 5. The molecule has 7 nitrogen and oxygen atoms in total. The summed E-state index contributed by atoms with van der Waals surface area (Å²) < 4.78 is 4.28. The number of nitrogens with zero attached hydrogens (tertiary/aromatic N) is 6. The summed E-state index contributed by atoms with van der Waals surface area (Å²) in [7, 11) is 1.85. The summed E-state index contributed by atoms with van der Waals surface area (Å²) in [6.45, 7) is 3.60. The Bertz CT molecular complexity index is 1160. The van der Waals surface area contributed by atoms with E-state index in [1.807, 2.05) is 49.6 Å². The minimum Gasteiger partial charge on any atom is -0.373 e. The number of benzene rings is 1. The number of nitriles is 1. The van der Waals surface area contributed by atoms with Gasteiger partial charge in [0.15, 0.2) is 5.82 Å². The van der Waals surface area contributed by atoms with Crippen molar-refractivity contribution >= 4 is 16.9 Å². The van der Waals surface area contributed by atoms with Gasteiger partial charge in [-0.3, -0.25) is 0 Å². The Kier molecular flexibility index (Phi) is 4.77. The van der Waals surface area contributed by atoms with Crippen molar-refractivity contribution in [3.05, 3.63) is 60.2 Å². The van der Waals surface area contributed by atoms with Crippen molar-refractivity contribution in [2.75, 3.05) is 12.4 Å². The van der Waals surface area contributed by atoms with E-state index in [2.05, 4.69) is 37.4 Å². The predicted octanol–water partition coefficient (Wildman–Crippen LogP) is 3.67. The summed E-state index contributed by atoms with van der Waals surface area (Å²) in [5.41, 5.74) is 3.32. The normalized spacial score (nSPS) is 10.9. The van der Waals surface area contributed by atoms with Gasteiger partial charge in [-0.15, -0.1) is 0 Å². The summed E-state index contributed by atoms with van der Waals surface area (Å²) in [5.74, 6) is 2.54. The number of pyridine rings is 1. The lowest BCUT2D eigenvalue weighted by Gasteiger charge is -2.11. The molecule has 0 atom stereocenters. The van der Waals surface area contributed by atoms with Crippen LogP contribution in [0.4, 0.5) is 5.82 Å². The quantitative estimate of drug-likeness (QED) is 0.559. The number of imidazole rings is 2. The Labute approximate surface area is 163 Å². The maximum absolute atomic E-state index is 9.18. The molecular formula is C21H21N7. The van der Waals surface area contributed by atoms with Crippen molar-refractivity contribution < 1.29 is 0 Å². The van der Waals surface area contributed by atoms with Crippen LogP contribution in [0.25, 0.3) is 22.6 Å². The van der Waals surface area contributed by atoms with E-state index in [0.717, 1.165) is 47.2 Å². The average molecular weight is 371 g/mol.